The molecule has 0 rings (SSSR count). The predicted molar refractivity (Wildman–Crippen MR) is 113 cm³/mol. The third-order valence-electron chi connectivity index (χ3n) is 4.58. The van der Waals surface area contributed by atoms with Gasteiger partial charge in [0.25, 0.3) is 0 Å². The number of hydrogen-bond donors (Lipinski definition) is 1. The van der Waals surface area contributed by atoms with E-state index in [2.05, 4.69) is 42.6 Å². The summed E-state index contributed by atoms with van der Waals surface area (Å²) in [6, 6.07) is 0. The number of nitriles is 1. The van der Waals surface area contributed by atoms with Crippen LogP contribution in [0, 0.1) is 10.7 Å². The van der Waals surface area contributed by atoms with E-state index in [0.29, 0.717) is 5.16 Å². The van der Waals surface area contributed by atoms with Gasteiger partial charge in [-0.05, 0) is 24.4 Å². The van der Waals surface area contributed by atoms with Crippen molar-refractivity contribution in [2.24, 2.45) is 0 Å². The summed E-state index contributed by atoms with van der Waals surface area (Å²) in [4.78, 5) is 0. The Morgan fingerprint density at radius 2 is 0.957 bits per heavy atom. The normalized spacial score (nSPS) is 10.8. The summed E-state index contributed by atoms with van der Waals surface area (Å²) in [6.07, 6.45) is 21.3. The van der Waals surface area contributed by atoms with Crippen molar-refractivity contribution in [3.8, 4) is 5.40 Å². The van der Waals surface area contributed by atoms with Crippen LogP contribution in [0.1, 0.15) is 117 Å². The zero-order chi connectivity index (χ0) is 17.8. The molecule has 0 saturated heterocycles. The maximum atomic E-state index is 7.18. The van der Waals surface area contributed by atoms with Crippen molar-refractivity contribution in [2.75, 3.05) is 0 Å². The fourth-order valence-electron chi connectivity index (χ4n) is 3.09. The first-order valence-corrected chi connectivity index (χ1v) is 10.9. The third kappa shape index (κ3) is 20.2. The second-order valence-corrected chi connectivity index (χ2v) is 8.32. The highest BCUT2D eigenvalue weighted by atomic mass is 32.1. The lowest BCUT2D eigenvalue weighted by Gasteiger charge is -2.30. The zero-order valence-electron chi connectivity index (χ0n) is 16.1. The molecule has 0 N–H and O–H groups in total. The molecule has 0 aromatic heterocycles. The van der Waals surface area contributed by atoms with E-state index in [0.717, 1.165) is 0 Å². The predicted octanol–water partition coefficient (Wildman–Crippen LogP) is 7.91. The number of hydrogen-bond acceptors (Lipinski definition) is 2. The molecule has 138 valence electrons. The molecule has 0 fully saturated rings. The van der Waals surface area contributed by atoms with Gasteiger partial charge in [0.1, 0.15) is 5.40 Å². The molecule has 0 aliphatic carbocycles. The van der Waals surface area contributed by atoms with Gasteiger partial charge < -0.3 is 0 Å². The van der Waals surface area contributed by atoms with Crippen LogP contribution < -0.4 is 0 Å². The van der Waals surface area contributed by atoms with Gasteiger partial charge in [0.15, 0.2) is 0 Å². The average molecular weight is 360 g/mol. The Bertz CT molecular complexity index is 232. The summed E-state index contributed by atoms with van der Waals surface area (Å²) in [5.41, 5.74) is 0. The van der Waals surface area contributed by atoms with E-state index in [-0.39, 0.29) is 0 Å². The highest BCUT2D eigenvalue weighted by Gasteiger charge is 2.22. The van der Waals surface area contributed by atoms with Crippen LogP contribution in [0.15, 0.2) is 0 Å². The third-order valence-corrected chi connectivity index (χ3v) is 5.45. The SMILES string of the molecule is CCCCCCC(P)(CCCCCC)CCCCCC.N#CS. The quantitative estimate of drug-likeness (QED) is 0.136. The van der Waals surface area contributed by atoms with Crippen molar-refractivity contribution in [1.29, 1.82) is 5.26 Å². The van der Waals surface area contributed by atoms with Crippen LogP contribution in [0.2, 0.25) is 0 Å². The molecule has 0 spiro atoms. The summed E-state index contributed by atoms with van der Waals surface area (Å²) in [6.45, 7) is 6.93. The molecule has 0 aliphatic rings. The van der Waals surface area contributed by atoms with Crippen LogP contribution >= 0.6 is 21.9 Å². The summed E-state index contributed by atoms with van der Waals surface area (Å²) >= 11 is 3.09. The summed E-state index contributed by atoms with van der Waals surface area (Å²) in [7, 11) is 3.27. The van der Waals surface area contributed by atoms with Crippen molar-refractivity contribution >= 4 is 21.9 Å². The van der Waals surface area contributed by atoms with Crippen LogP contribution in [-0.2, 0) is 0 Å². The zero-order valence-corrected chi connectivity index (χ0v) is 18.1. The smallest absolute Gasteiger partial charge is 0.130 e. The van der Waals surface area contributed by atoms with Crippen molar-refractivity contribution in [1.82, 2.24) is 0 Å². The molecule has 0 bridgehead atoms. The molecule has 0 aliphatic heterocycles. The molecule has 0 heterocycles. The fourth-order valence-corrected chi connectivity index (χ4v) is 3.70. The lowest BCUT2D eigenvalue weighted by atomic mass is 9.88. The Balaban J connectivity index is 0. The van der Waals surface area contributed by atoms with Gasteiger partial charge in [0.05, 0.1) is 0 Å². The largest absolute Gasteiger partial charge is 0.185 e. The van der Waals surface area contributed by atoms with E-state index in [1.54, 1.807) is 0 Å². The molecular formula is C20H42NPS. The maximum absolute atomic E-state index is 7.18. The van der Waals surface area contributed by atoms with E-state index < -0.39 is 0 Å². The second-order valence-electron chi connectivity index (χ2n) is 6.89. The molecule has 0 amide bonds. The minimum atomic E-state index is 0.565. The average Bonchev–Trinajstić information content (AvgIpc) is 2.54. The van der Waals surface area contributed by atoms with Crippen molar-refractivity contribution in [2.45, 2.75) is 122 Å². The van der Waals surface area contributed by atoms with Crippen molar-refractivity contribution < 1.29 is 0 Å². The first-order valence-electron chi connectivity index (χ1n) is 9.92. The number of thiocyanates is 1. The number of rotatable bonds is 15. The van der Waals surface area contributed by atoms with Gasteiger partial charge >= 0.3 is 0 Å². The lowest BCUT2D eigenvalue weighted by Crippen LogP contribution is -2.20. The highest BCUT2D eigenvalue weighted by Crippen LogP contribution is 2.37. The first kappa shape index (κ1) is 25.5. The summed E-state index contributed by atoms with van der Waals surface area (Å²) in [5, 5.41) is 9.19. The fraction of sp³-hybridized carbons (Fsp3) is 0.950. The Hall–Kier alpha value is 0.270. The monoisotopic (exact) mass is 359 g/mol. The Kier molecular flexibility index (Phi) is 22.5. The lowest BCUT2D eigenvalue weighted by molar-refractivity contribution is 0.406. The van der Waals surface area contributed by atoms with E-state index in [4.69, 9.17) is 5.26 Å². The van der Waals surface area contributed by atoms with Crippen LogP contribution in [0.3, 0.4) is 0 Å². The molecule has 0 aromatic carbocycles. The molecule has 23 heavy (non-hydrogen) atoms. The first-order chi connectivity index (χ1) is 11.1. The Morgan fingerprint density at radius 1 is 0.696 bits per heavy atom. The van der Waals surface area contributed by atoms with Gasteiger partial charge in [0, 0.05) is 0 Å². The summed E-state index contributed by atoms with van der Waals surface area (Å²) in [5.74, 6) is 0. The molecule has 0 saturated carbocycles. The van der Waals surface area contributed by atoms with Crippen LogP contribution in [0.4, 0.5) is 0 Å². The van der Waals surface area contributed by atoms with Crippen LogP contribution in [-0.4, -0.2) is 5.16 Å². The second kappa shape index (κ2) is 20.3. The summed E-state index contributed by atoms with van der Waals surface area (Å²) < 4.78 is 0. The van der Waals surface area contributed by atoms with E-state index >= 15 is 0 Å². The topological polar surface area (TPSA) is 23.8 Å². The molecule has 1 unspecified atom stereocenters. The van der Waals surface area contributed by atoms with Gasteiger partial charge in [-0.15, -0.1) is 9.24 Å². The standard InChI is InChI=1S/C19H41P.CHNS/c1-4-7-10-13-16-19(20,17-14-11-8-5-2)18-15-12-9-6-3;2-1-3/h4-18,20H2,1-3H3;3H. The van der Waals surface area contributed by atoms with Gasteiger partial charge in [0.2, 0.25) is 0 Å². The minimum absolute atomic E-state index is 0.565. The van der Waals surface area contributed by atoms with Crippen molar-refractivity contribution in [3.63, 3.8) is 0 Å². The molecular weight excluding hydrogens is 317 g/mol. The number of unbranched alkanes of at least 4 members (excludes halogenated alkanes) is 9. The number of thiol groups is 1. The molecule has 0 aromatic rings. The maximum Gasteiger partial charge on any atom is 0.130 e. The molecule has 3 heteroatoms. The van der Waals surface area contributed by atoms with Gasteiger partial charge in [-0.3, -0.25) is 0 Å². The Labute approximate surface area is 155 Å². The number of nitrogens with zero attached hydrogens (tertiary/aromatic N) is 1. The van der Waals surface area contributed by atoms with Gasteiger partial charge in [-0.2, -0.15) is 5.26 Å². The van der Waals surface area contributed by atoms with Crippen LogP contribution in [0.25, 0.3) is 0 Å². The van der Waals surface area contributed by atoms with E-state index in [9.17, 15) is 0 Å². The minimum Gasteiger partial charge on any atom is -0.185 e. The van der Waals surface area contributed by atoms with Gasteiger partial charge in [-0.1, -0.05) is 110 Å². The molecule has 0 radical (unpaired) electrons. The molecule has 1 atom stereocenters. The van der Waals surface area contributed by atoms with Gasteiger partial charge in [-0.25, -0.2) is 0 Å². The van der Waals surface area contributed by atoms with E-state index in [1.165, 1.54) is 102 Å². The highest BCUT2D eigenvalue weighted by molar-refractivity contribution is 7.85. The molecule has 1 nitrogen and oxygen atoms in total. The van der Waals surface area contributed by atoms with E-state index in [1.807, 2.05) is 0 Å². The van der Waals surface area contributed by atoms with Crippen LogP contribution in [0.5, 0.6) is 0 Å². The Morgan fingerprint density at radius 3 is 1.17 bits per heavy atom. The van der Waals surface area contributed by atoms with Crippen molar-refractivity contribution in [3.05, 3.63) is 0 Å².